The topological polar surface area (TPSA) is 49.7 Å². The summed E-state index contributed by atoms with van der Waals surface area (Å²) in [6.45, 7) is 6.70. The molecule has 0 saturated heterocycles. The van der Waals surface area contributed by atoms with Crippen molar-refractivity contribution in [2.45, 2.75) is 53.0 Å². The van der Waals surface area contributed by atoms with Crippen molar-refractivity contribution in [3.8, 4) is 0 Å². The number of Topliss-reactive ketones (excluding diaryl/α,β-unsaturated/α-hetero) is 1. The maximum atomic E-state index is 12.4. The lowest BCUT2D eigenvalue weighted by Gasteiger charge is -2.31. The molecule has 0 heterocycles. The Morgan fingerprint density at radius 2 is 1.91 bits per heavy atom. The third-order valence-corrected chi connectivity index (χ3v) is 3.92. The van der Waals surface area contributed by atoms with Crippen molar-refractivity contribution in [1.82, 2.24) is 0 Å². The highest BCUT2D eigenvalue weighted by Gasteiger charge is 2.35. The second-order valence-corrected chi connectivity index (χ2v) is 6.76. The predicted molar refractivity (Wildman–Crippen MR) is 90.2 cm³/mol. The zero-order valence-corrected chi connectivity index (χ0v) is 13.7. The number of nitrogens with zero attached hydrogens (tertiary/aromatic N) is 1. The standard InChI is InChI=1S/C19H25NO2/c1-4-8-16(21)18-15(11-19(2,3)12-17(18)22)20-13-14-9-6-5-7-10-14/h5-7,9-10,21H,4,8,11-13H2,1-3H3. The Balaban J connectivity index is 2.33. The molecule has 118 valence electrons. The Morgan fingerprint density at radius 1 is 1.23 bits per heavy atom. The molecule has 1 saturated carbocycles. The average molecular weight is 299 g/mol. The number of hydrogen-bond acceptors (Lipinski definition) is 3. The maximum Gasteiger partial charge on any atom is 0.168 e. The van der Waals surface area contributed by atoms with E-state index >= 15 is 0 Å². The third kappa shape index (κ3) is 4.06. The minimum absolute atomic E-state index is 0.0222. The fraction of sp³-hybridized carbons (Fsp3) is 0.474. The first-order valence-corrected chi connectivity index (χ1v) is 7.96. The van der Waals surface area contributed by atoms with Crippen LogP contribution in [0, 0.1) is 5.41 Å². The van der Waals surface area contributed by atoms with E-state index in [0.717, 1.165) is 24.1 Å². The van der Waals surface area contributed by atoms with Crippen LogP contribution in [0.5, 0.6) is 0 Å². The SMILES string of the molecule is CCCC(O)=C1C(=O)CC(C)(C)CC1=NCc1ccccc1. The van der Waals surface area contributed by atoms with Crippen LogP contribution in [0.1, 0.15) is 52.0 Å². The maximum absolute atomic E-state index is 12.4. The van der Waals surface area contributed by atoms with E-state index in [1.54, 1.807) is 0 Å². The Hall–Kier alpha value is -1.90. The van der Waals surface area contributed by atoms with Crippen LogP contribution in [0.15, 0.2) is 46.7 Å². The smallest absolute Gasteiger partial charge is 0.168 e. The molecule has 0 aromatic heterocycles. The zero-order valence-electron chi connectivity index (χ0n) is 13.7. The Kier molecular flexibility index (Phi) is 5.17. The Labute approximate surface area is 132 Å². The van der Waals surface area contributed by atoms with Crippen LogP contribution < -0.4 is 0 Å². The number of aliphatic hydroxyl groups excluding tert-OH is 1. The van der Waals surface area contributed by atoms with Gasteiger partial charge in [-0.05, 0) is 23.8 Å². The summed E-state index contributed by atoms with van der Waals surface area (Å²) >= 11 is 0. The van der Waals surface area contributed by atoms with Crippen molar-refractivity contribution in [2.24, 2.45) is 10.4 Å². The molecular weight excluding hydrogens is 274 g/mol. The summed E-state index contributed by atoms with van der Waals surface area (Å²) in [4.78, 5) is 17.1. The molecule has 1 fully saturated rings. The van der Waals surface area contributed by atoms with Gasteiger partial charge in [0.05, 0.1) is 12.1 Å². The molecule has 0 spiro atoms. The van der Waals surface area contributed by atoms with E-state index in [1.165, 1.54) is 0 Å². The number of benzene rings is 1. The largest absolute Gasteiger partial charge is 0.511 e. The molecule has 1 aliphatic carbocycles. The van der Waals surface area contributed by atoms with Gasteiger partial charge in [0.2, 0.25) is 0 Å². The first kappa shape index (κ1) is 16.5. The van der Waals surface area contributed by atoms with Crippen molar-refractivity contribution in [3.05, 3.63) is 47.2 Å². The number of ketones is 1. The van der Waals surface area contributed by atoms with Crippen LogP contribution in [0.25, 0.3) is 0 Å². The molecule has 0 unspecified atom stereocenters. The van der Waals surface area contributed by atoms with E-state index in [9.17, 15) is 9.90 Å². The molecule has 1 aromatic rings. The van der Waals surface area contributed by atoms with E-state index in [-0.39, 0.29) is 17.0 Å². The summed E-state index contributed by atoms with van der Waals surface area (Å²) in [7, 11) is 0. The number of carbonyl (C=O) groups excluding carboxylic acids is 1. The van der Waals surface area contributed by atoms with Gasteiger partial charge in [-0.25, -0.2) is 0 Å². The van der Waals surface area contributed by atoms with Crippen LogP contribution in [-0.4, -0.2) is 16.6 Å². The summed E-state index contributed by atoms with van der Waals surface area (Å²) in [5, 5.41) is 10.3. The highest BCUT2D eigenvalue weighted by atomic mass is 16.3. The van der Waals surface area contributed by atoms with Crippen LogP contribution in [0.2, 0.25) is 0 Å². The second-order valence-electron chi connectivity index (χ2n) is 6.76. The lowest BCUT2D eigenvalue weighted by Crippen LogP contribution is -2.32. The molecule has 1 N–H and O–H groups in total. The first-order chi connectivity index (χ1) is 10.4. The van der Waals surface area contributed by atoms with Crippen LogP contribution in [0.4, 0.5) is 0 Å². The lowest BCUT2D eigenvalue weighted by atomic mass is 9.73. The highest BCUT2D eigenvalue weighted by molar-refractivity contribution is 6.24. The molecule has 0 amide bonds. The molecule has 2 rings (SSSR count). The second kappa shape index (κ2) is 6.91. The summed E-state index contributed by atoms with van der Waals surface area (Å²) in [5.41, 5.74) is 2.25. The number of aliphatic imine (C=N–C) groups is 1. The van der Waals surface area contributed by atoms with Gasteiger partial charge in [0, 0.05) is 18.6 Å². The van der Waals surface area contributed by atoms with Crippen molar-refractivity contribution in [2.75, 3.05) is 0 Å². The normalized spacial score (nSPS) is 22.0. The quantitative estimate of drug-likeness (QED) is 0.651. The van der Waals surface area contributed by atoms with E-state index in [2.05, 4.69) is 18.8 Å². The van der Waals surface area contributed by atoms with Gasteiger partial charge in [-0.3, -0.25) is 9.79 Å². The van der Waals surface area contributed by atoms with E-state index < -0.39 is 0 Å². The number of aliphatic hydroxyl groups is 1. The van der Waals surface area contributed by atoms with Gasteiger partial charge in [0.15, 0.2) is 5.78 Å². The fourth-order valence-corrected chi connectivity index (χ4v) is 2.88. The number of hydrogen-bond donors (Lipinski definition) is 1. The van der Waals surface area contributed by atoms with Gasteiger partial charge in [-0.15, -0.1) is 0 Å². The monoisotopic (exact) mass is 299 g/mol. The Morgan fingerprint density at radius 3 is 2.55 bits per heavy atom. The summed E-state index contributed by atoms with van der Waals surface area (Å²) in [6, 6.07) is 9.99. The number of rotatable bonds is 4. The van der Waals surface area contributed by atoms with Crippen molar-refractivity contribution < 1.29 is 9.90 Å². The zero-order chi connectivity index (χ0) is 16.2. The molecule has 3 nitrogen and oxygen atoms in total. The van der Waals surface area contributed by atoms with Gasteiger partial charge in [0.25, 0.3) is 0 Å². The highest BCUT2D eigenvalue weighted by Crippen LogP contribution is 2.35. The molecule has 1 aliphatic rings. The molecule has 0 aliphatic heterocycles. The lowest BCUT2D eigenvalue weighted by molar-refractivity contribution is -0.117. The van der Waals surface area contributed by atoms with Gasteiger partial charge >= 0.3 is 0 Å². The average Bonchev–Trinajstić information content (AvgIpc) is 2.44. The van der Waals surface area contributed by atoms with Crippen molar-refractivity contribution in [3.63, 3.8) is 0 Å². The van der Waals surface area contributed by atoms with E-state index in [4.69, 9.17) is 0 Å². The summed E-state index contributed by atoms with van der Waals surface area (Å²) in [5.74, 6) is 0.226. The molecule has 3 heteroatoms. The first-order valence-electron chi connectivity index (χ1n) is 7.96. The van der Waals surface area contributed by atoms with Gasteiger partial charge in [-0.2, -0.15) is 0 Å². The van der Waals surface area contributed by atoms with Gasteiger partial charge in [0.1, 0.15) is 5.76 Å². The van der Waals surface area contributed by atoms with Crippen molar-refractivity contribution >= 4 is 11.5 Å². The number of allylic oxidation sites excluding steroid dienone is 2. The van der Waals surface area contributed by atoms with Gasteiger partial charge in [-0.1, -0.05) is 51.1 Å². The van der Waals surface area contributed by atoms with E-state index in [1.807, 2.05) is 37.3 Å². The molecule has 22 heavy (non-hydrogen) atoms. The fourth-order valence-electron chi connectivity index (χ4n) is 2.88. The summed E-state index contributed by atoms with van der Waals surface area (Å²) in [6.07, 6.45) is 2.55. The number of carbonyl (C=O) groups is 1. The molecule has 1 aromatic carbocycles. The van der Waals surface area contributed by atoms with Gasteiger partial charge < -0.3 is 5.11 Å². The van der Waals surface area contributed by atoms with Crippen LogP contribution in [0.3, 0.4) is 0 Å². The van der Waals surface area contributed by atoms with E-state index in [0.29, 0.717) is 25.0 Å². The predicted octanol–water partition coefficient (Wildman–Crippen LogP) is 4.63. The van der Waals surface area contributed by atoms with Crippen LogP contribution in [-0.2, 0) is 11.3 Å². The van der Waals surface area contributed by atoms with Crippen LogP contribution >= 0.6 is 0 Å². The Bertz CT molecular complexity index is 597. The third-order valence-electron chi connectivity index (χ3n) is 3.92. The minimum Gasteiger partial charge on any atom is -0.511 e. The minimum atomic E-state index is -0.0946. The molecule has 0 bridgehead atoms. The summed E-state index contributed by atoms with van der Waals surface area (Å²) < 4.78 is 0. The molecule has 0 radical (unpaired) electrons. The molecular formula is C19H25NO2. The van der Waals surface area contributed by atoms with Crippen molar-refractivity contribution in [1.29, 1.82) is 0 Å². The molecule has 0 atom stereocenters.